The second kappa shape index (κ2) is 5.83. The Hall–Kier alpha value is -1.55. The average molecular weight is 273 g/mol. The number of piperidine rings is 1. The minimum atomic E-state index is 0.210. The number of amides is 1. The molecule has 2 aliphatic rings. The molecule has 2 fully saturated rings. The van der Waals surface area contributed by atoms with E-state index in [0.717, 1.165) is 32.0 Å². The van der Waals surface area contributed by atoms with Crippen molar-refractivity contribution >= 4 is 11.6 Å². The summed E-state index contributed by atoms with van der Waals surface area (Å²) in [6.45, 7) is 3.07. The maximum absolute atomic E-state index is 11.7. The lowest BCUT2D eigenvalue weighted by molar-refractivity contribution is -0.126. The summed E-state index contributed by atoms with van der Waals surface area (Å²) in [4.78, 5) is 11.7. The van der Waals surface area contributed by atoms with Gasteiger partial charge in [-0.1, -0.05) is 18.2 Å². The molecule has 0 saturated carbocycles. The first-order valence-electron chi connectivity index (χ1n) is 7.58. The molecule has 108 valence electrons. The molecule has 0 spiro atoms. The number of nitrogens with one attached hydrogen (secondary N) is 1. The van der Waals surface area contributed by atoms with Gasteiger partial charge in [-0.3, -0.25) is 14.8 Å². The Morgan fingerprint density at radius 1 is 1.25 bits per heavy atom. The highest BCUT2D eigenvalue weighted by atomic mass is 16.2. The third-order valence-electron chi connectivity index (χ3n) is 4.50. The topological polar surface area (TPSA) is 35.6 Å². The van der Waals surface area contributed by atoms with Crippen LogP contribution in [0.1, 0.15) is 24.8 Å². The molecule has 2 heterocycles. The Morgan fingerprint density at radius 3 is 2.70 bits per heavy atom. The number of carbonyl (C=O) groups excluding carboxylic acids is 1. The standard InChI is InChI=1S/C16H23N3O/c1-18-16(20)8-11-19(18)15-5-3-2-4-14(15)12-13-6-9-17-10-7-13/h2-5,13,17H,6-12H2,1H3. The molecule has 1 aromatic rings. The van der Waals surface area contributed by atoms with E-state index in [1.807, 2.05) is 7.05 Å². The number of carbonyl (C=O) groups is 1. The van der Waals surface area contributed by atoms with Crippen LogP contribution >= 0.6 is 0 Å². The Balaban J connectivity index is 1.79. The Kier molecular flexibility index (Phi) is 3.92. The molecule has 0 aromatic heterocycles. The summed E-state index contributed by atoms with van der Waals surface area (Å²) in [5.41, 5.74) is 2.58. The van der Waals surface area contributed by atoms with Crippen molar-refractivity contribution in [2.45, 2.75) is 25.7 Å². The first-order chi connectivity index (χ1) is 9.75. The summed E-state index contributed by atoms with van der Waals surface area (Å²) < 4.78 is 0. The monoisotopic (exact) mass is 273 g/mol. The summed E-state index contributed by atoms with van der Waals surface area (Å²) in [5, 5.41) is 7.31. The fraction of sp³-hybridized carbons (Fsp3) is 0.562. The van der Waals surface area contributed by atoms with Crippen LogP contribution in [-0.2, 0) is 11.2 Å². The van der Waals surface area contributed by atoms with E-state index in [2.05, 4.69) is 34.6 Å². The van der Waals surface area contributed by atoms with Gasteiger partial charge in [-0.25, -0.2) is 0 Å². The van der Waals surface area contributed by atoms with Gasteiger partial charge in [0.2, 0.25) is 5.91 Å². The van der Waals surface area contributed by atoms with Gasteiger partial charge < -0.3 is 5.32 Å². The maximum atomic E-state index is 11.7. The van der Waals surface area contributed by atoms with Crippen molar-refractivity contribution in [2.75, 3.05) is 31.7 Å². The van der Waals surface area contributed by atoms with Gasteiger partial charge in [0.15, 0.2) is 0 Å². The van der Waals surface area contributed by atoms with Crippen LogP contribution in [-0.4, -0.2) is 37.6 Å². The predicted molar refractivity (Wildman–Crippen MR) is 80.5 cm³/mol. The van der Waals surface area contributed by atoms with E-state index in [4.69, 9.17) is 0 Å². The number of anilines is 1. The van der Waals surface area contributed by atoms with Gasteiger partial charge in [0.25, 0.3) is 0 Å². The van der Waals surface area contributed by atoms with Crippen LogP contribution < -0.4 is 10.3 Å². The number of benzene rings is 1. The summed E-state index contributed by atoms with van der Waals surface area (Å²) in [5.74, 6) is 0.975. The van der Waals surface area contributed by atoms with Crippen LogP contribution in [0.15, 0.2) is 24.3 Å². The molecule has 3 rings (SSSR count). The van der Waals surface area contributed by atoms with Crippen molar-refractivity contribution in [3.63, 3.8) is 0 Å². The molecule has 20 heavy (non-hydrogen) atoms. The molecular formula is C16H23N3O. The first-order valence-corrected chi connectivity index (χ1v) is 7.58. The minimum absolute atomic E-state index is 0.210. The van der Waals surface area contributed by atoms with Gasteiger partial charge in [-0.2, -0.15) is 0 Å². The summed E-state index contributed by atoms with van der Waals surface area (Å²) >= 11 is 0. The smallest absolute Gasteiger partial charge is 0.242 e. The van der Waals surface area contributed by atoms with E-state index in [9.17, 15) is 4.79 Å². The highest BCUT2D eigenvalue weighted by Gasteiger charge is 2.27. The molecule has 0 bridgehead atoms. The first kappa shape index (κ1) is 13.4. The van der Waals surface area contributed by atoms with Gasteiger partial charge in [-0.15, -0.1) is 0 Å². The van der Waals surface area contributed by atoms with Gasteiger partial charge in [0, 0.05) is 20.0 Å². The molecule has 2 aliphatic heterocycles. The zero-order valence-corrected chi connectivity index (χ0v) is 12.1. The molecule has 4 heteroatoms. The third kappa shape index (κ3) is 2.66. The molecule has 2 saturated heterocycles. The molecule has 0 aliphatic carbocycles. The summed E-state index contributed by atoms with van der Waals surface area (Å²) in [6.07, 6.45) is 4.25. The Bertz CT molecular complexity index is 482. The van der Waals surface area contributed by atoms with Crippen molar-refractivity contribution in [1.82, 2.24) is 10.3 Å². The molecular weight excluding hydrogens is 250 g/mol. The number of para-hydroxylation sites is 1. The van der Waals surface area contributed by atoms with Crippen molar-refractivity contribution < 1.29 is 4.79 Å². The van der Waals surface area contributed by atoms with Crippen LogP contribution in [0.25, 0.3) is 0 Å². The molecule has 0 unspecified atom stereocenters. The molecule has 1 N–H and O–H groups in total. The van der Waals surface area contributed by atoms with Crippen molar-refractivity contribution in [2.24, 2.45) is 5.92 Å². The summed E-state index contributed by atoms with van der Waals surface area (Å²) in [7, 11) is 1.87. The minimum Gasteiger partial charge on any atom is -0.317 e. The van der Waals surface area contributed by atoms with Crippen LogP contribution in [0.5, 0.6) is 0 Å². The molecule has 0 atom stereocenters. The second-order valence-corrected chi connectivity index (χ2v) is 5.82. The average Bonchev–Trinajstić information content (AvgIpc) is 2.81. The van der Waals surface area contributed by atoms with Crippen molar-refractivity contribution in [1.29, 1.82) is 0 Å². The van der Waals surface area contributed by atoms with Crippen LogP contribution in [0.3, 0.4) is 0 Å². The Labute approximate surface area is 120 Å². The van der Waals surface area contributed by atoms with E-state index >= 15 is 0 Å². The van der Waals surface area contributed by atoms with Crippen molar-refractivity contribution in [3.8, 4) is 0 Å². The fourth-order valence-corrected chi connectivity index (χ4v) is 3.26. The fourth-order valence-electron chi connectivity index (χ4n) is 3.26. The molecule has 4 nitrogen and oxygen atoms in total. The van der Waals surface area contributed by atoms with E-state index in [1.165, 1.54) is 24.1 Å². The zero-order valence-electron chi connectivity index (χ0n) is 12.1. The lowest BCUT2D eigenvalue weighted by Crippen LogP contribution is -2.36. The molecule has 1 aromatic carbocycles. The van der Waals surface area contributed by atoms with E-state index in [-0.39, 0.29) is 5.91 Å². The Morgan fingerprint density at radius 2 is 2.00 bits per heavy atom. The van der Waals surface area contributed by atoms with Gasteiger partial charge in [0.05, 0.1) is 5.69 Å². The van der Waals surface area contributed by atoms with Gasteiger partial charge in [-0.05, 0) is 49.9 Å². The number of nitrogens with zero attached hydrogens (tertiary/aromatic N) is 2. The normalized spacial score (nSPS) is 20.8. The highest BCUT2D eigenvalue weighted by molar-refractivity contribution is 5.81. The maximum Gasteiger partial charge on any atom is 0.242 e. The SMILES string of the molecule is CN1C(=O)CCN1c1ccccc1CC1CCNCC1. The van der Waals surface area contributed by atoms with Crippen molar-refractivity contribution in [3.05, 3.63) is 29.8 Å². The number of rotatable bonds is 3. The lowest BCUT2D eigenvalue weighted by Gasteiger charge is -2.30. The molecule has 0 radical (unpaired) electrons. The van der Waals surface area contributed by atoms with E-state index in [0.29, 0.717) is 6.42 Å². The zero-order chi connectivity index (χ0) is 13.9. The predicted octanol–water partition coefficient (Wildman–Crippen LogP) is 1.81. The lowest BCUT2D eigenvalue weighted by atomic mass is 9.90. The number of hydrogen-bond donors (Lipinski definition) is 1. The highest BCUT2D eigenvalue weighted by Crippen LogP contribution is 2.29. The number of hydrazine groups is 1. The van der Waals surface area contributed by atoms with Gasteiger partial charge in [0.1, 0.15) is 0 Å². The van der Waals surface area contributed by atoms with Crippen LogP contribution in [0, 0.1) is 5.92 Å². The second-order valence-electron chi connectivity index (χ2n) is 5.82. The quantitative estimate of drug-likeness (QED) is 0.912. The van der Waals surface area contributed by atoms with Crippen LogP contribution in [0.4, 0.5) is 5.69 Å². The molecule has 1 amide bonds. The van der Waals surface area contributed by atoms with E-state index < -0.39 is 0 Å². The largest absolute Gasteiger partial charge is 0.317 e. The van der Waals surface area contributed by atoms with Crippen LogP contribution in [0.2, 0.25) is 0 Å². The van der Waals surface area contributed by atoms with E-state index in [1.54, 1.807) is 5.01 Å². The third-order valence-corrected chi connectivity index (χ3v) is 4.50. The number of hydrogen-bond acceptors (Lipinski definition) is 3. The van der Waals surface area contributed by atoms with Gasteiger partial charge >= 0.3 is 0 Å². The summed E-state index contributed by atoms with van der Waals surface area (Å²) in [6, 6.07) is 8.54.